The van der Waals surface area contributed by atoms with Crippen LogP contribution in [0.4, 0.5) is 0 Å². The van der Waals surface area contributed by atoms with Gasteiger partial charge in [-0.25, -0.2) is 0 Å². The summed E-state index contributed by atoms with van der Waals surface area (Å²) in [6, 6.07) is 0. The van der Waals surface area contributed by atoms with E-state index in [1.165, 1.54) is 44.9 Å². The van der Waals surface area contributed by atoms with Crippen LogP contribution in [0.5, 0.6) is 0 Å². The maximum absolute atomic E-state index is 11.3. The third-order valence-corrected chi connectivity index (χ3v) is 3.21. The van der Waals surface area contributed by atoms with Crippen LogP contribution in [0.1, 0.15) is 77.6 Å². The summed E-state index contributed by atoms with van der Waals surface area (Å²) in [6.07, 6.45) is 16.4. The number of carbonyl (C=O) groups is 1. The zero-order valence-electron chi connectivity index (χ0n) is 13.1. The molecule has 0 aliphatic rings. The second-order valence-corrected chi connectivity index (χ2v) is 5.22. The van der Waals surface area contributed by atoms with Gasteiger partial charge in [0.25, 0.3) is 0 Å². The van der Waals surface area contributed by atoms with Crippen LogP contribution in [-0.4, -0.2) is 24.3 Å². The first-order valence-electron chi connectivity index (χ1n) is 8.22. The van der Waals surface area contributed by atoms with Crippen LogP contribution in [-0.2, 0) is 9.53 Å². The topological polar surface area (TPSA) is 46.5 Å². The number of ether oxygens (including phenoxy) is 1. The molecule has 3 nitrogen and oxygen atoms in total. The Morgan fingerprint density at radius 3 is 2.30 bits per heavy atom. The Labute approximate surface area is 124 Å². The van der Waals surface area contributed by atoms with Crippen molar-refractivity contribution >= 4 is 5.97 Å². The fraction of sp³-hybridized carbons (Fsp3) is 0.824. The Morgan fingerprint density at radius 1 is 0.950 bits per heavy atom. The summed E-state index contributed by atoms with van der Waals surface area (Å²) in [5.74, 6) is -0.127. The Morgan fingerprint density at radius 2 is 1.60 bits per heavy atom. The van der Waals surface area contributed by atoms with Gasteiger partial charge < -0.3 is 9.84 Å². The average molecular weight is 284 g/mol. The van der Waals surface area contributed by atoms with Gasteiger partial charge in [0.05, 0.1) is 6.61 Å². The van der Waals surface area contributed by atoms with E-state index in [9.17, 15) is 4.79 Å². The molecule has 0 spiro atoms. The van der Waals surface area contributed by atoms with Crippen molar-refractivity contribution in [1.82, 2.24) is 0 Å². The minimum Gasteiger partial charge on any atom is -0.466 e. The molecule has 0 saturated carbocycles. The molecule has 0 aromatic heterocycles. The molecule has 0 aliphatic carbocycles. The minimum atomic E-state index is -0.127. The van der Waals surface area contributed by atoms with Gasteiger partial charge in [-0.05, 0) is 25.7 Å². The molecule has 0 fully saturated rings. The minimum absolute atomic E-state index is 0.0835. The number of carbonyl (C=O) groups excluding carboxylic acids is 1. The van der Waals surface area contributed by atoms with E-state index in [2.05, 4.69) is 19.1 Å². The smallest absolute Gasteiger partial charge is 0.305 e. The van der Waals surface area contributed by atoms with E-state index in [0.29, 0.717) is 19.4 Å². The van der Waals surface area contributed by atoms with E-state index in [4.69, 9.17) is 9.84 Å². The van der Waals surface area contributed by atoms with Gasteiger partial charge in [-0.15, -0.1) is 0 Å². The molecule has 0 aliphatic heterocycles. The Bertz CT molecular complexity index is 236. The van der Waals surface area contributed by atoms with Crippen molar-refractivity contribution in [3.8, 4) is 0 Å². The molecule has 0 saturated heterocycles. The van der Waals surface area contributed by atoms with Gasteiger partial charge in [-0.3, -0.25) is 4.79 Å². The summed E-state index contributed by atoms with van der Waals surface area (Å²) in [6.45, 7) is 2.65. The fourth-order valence-corrected chi connectivity index (χ4v) is 1.94. The van der Waals surface area contributed by atoms with Crippen molar-refractivity contribution in [2.45, 2.75) is 77.6 Å². The van der Waals surface area contributed by atoms with E-state index in [-0.39, 0.29) is 12.6 Å². The molecule has 0 heterocycles. The molecule has 0 aromatic carbocycles. The maximum atomic E-state index is 11.3. The number of unbranched alkanes of at least 4 members (excludes halogenated alkanes) is 7. The number of aliphatic hydroxyl groups is 1. The first-order valence-corrected chi connectivity index (χ1v) is 8.22. The Balaban J connectivity index is 3.16. The first kappa shape index (κ1) is 19.2. The average Bonchev–Trinajstić information content (AvgIpc) is 2.45. The molecule has 118 valence electrons. The molecule has 0 unspecified atom stereocenters. The van der Waals surface area contributed by atoms with Crippen molar-refractivity contribution in [2.24, 2.45) is 0 Å². The summed E-state index contributed by atoms with van der Waals surface area (Å²) in [5.41, 5.74) is 0. The van der Waals surface area contributed by atoms with Crippen molar-refractivity contribution in [1.29, 1.82) is 0 Å². The quantitative estimate of drug-likeness (QED) is 0.292. The molecule has 0 rings (SSSR count). The van der Waals surface area contributed by atoms with Crippen LogP contribution in [0.3, 0.4) is 0 Å². The van der Waals surface area contributed by atoms with Gasteiger partial charge in [-0.2, -0.15) is 0 Å². The third-order valence-electron chi connectivity index (χ3n) is 3.21. The normalized spacial score (nSPS) is 11.1. The summed E-state index contributed by atoms with van der Waals surface area (Å²) in [4.78, 5) is 11.3. The highest BCUT2D eigenvalue weighted by atomic mass is 16.5. The van der Waals surface area contributed by atoms with E-state index >= 15 is 0 Å². The molecule has 0 atom stereocenters. The number of aliphatic hydroxyl groups excluding tert-OH is 1. The predicted octanol–water partition coefficient (Wildman–Crippen LogP) is 4.39. The number of rotatable bonds is 14. The highest BCUT2D eigenvalue weighted by Gasteiger charge is 2.01. The second kappa shape index (κ2) is 16.2. The van der Waals surface area contributed by atoms with E-state index in [1.54, 1.807) is 0 Å². The lowest BCUT2D eigenvalue weighted by Crippen LogP contribution is -2.06. The number of allylic oxidation sites excluding steroid dienone is 2. The Hall–Kier alpha value is -0.830. The van der Waals surface area contributed by atoms with Gasteiger partial charge in [0.15, 0.2) is 0 Å². The molecular weight excluding hydrogens is 252 g/mol. The second-order valence-electron chi connectivity index (χ2n) is 5.22. The lowest BCUT2D eigenvalue weighted by atomic mass is 10.1. The largest absolute Gasteiger partial charge is 0.466 e. The van der Waals surface area contributed by atoms with Crippen LogP contribution in [0.2, 0.25) is 0 Å². The van der Waals surface area contributed by atoms with E-state index < -0.39 is 0 Å². The molecular formula is C17H32O3. The predicted molar refractivity (Wildman–Crippen MR) is 83.6 cm³/mol. The summed E-state index contributed by atoms with van der Waals surface area (Å²) in [7, 11) is 0. The first-order chi connectivity index (χ1) is 9.81. The van der Waals surface area contributed by atoms with Crippen molar-refractivity contribution in [2.75, 3.05) is 13.2 Å². The molecule has 0 aromatic rings. The highest BCUT2D eigenvalue weighted by molar-refractivity contribution is 5.69. The number of esters is 1. The SMILES string of the molecule is CCCC/C=C\CCCCCCCC(=O)OCCCO. The lowest BCUT2D eigenvalue weighted by molar-refractivity contribution is -0.144. The summed E-state index contributed by atoms with van der Waals surface area (Å²) < 4.78 is 4.97. The maximum Gasteiger partial charge on any atom is 0.305 e. The Kier molecular flexibility index (Phi) is 15.6. The zero-order chi connectivity index (χ0) is 14.9. The van der Waals surface area contributed by atoms with Gasteiger partial charge in [0, 0.05) is 19.4 Å². The molecule has 20 heavy (non-hydrogen) atoms. The van der Waals surface area contributed by atoms with Crippen LogP contribution >= 0.6 is 0 Å². The zero-order valence-corrected chi connectivity index (χ0v) is 13.1. The number of hydrogen-bond acceptors (Lipinski definition) is 3. The molecule has 0 amide bonds. The highest BCUT2D eigenvalue weighted by Crippen LogP contribution is 2.08. The van der Waals surface area contributed by atoms with Crippen LogP contribution in [0.15, 0.2) is 12.2 Å². The van der Waals surface area contributed by atoms with Gasteiger partial charge in [-0.1, -0.05) is 51.2 Å². The van der Waals surface area contributed by atoms with Crippen molar-refractivity contribution in [3.05, 3.63) is 12.2 Å². The molecule has 0 radical (unpaired) electrons. The monoisotopic (exact) mass is 284 g/mol. The van der Waals surface area contributed by atoms with Gasteiger partial charge in [0.2, 0.25) is 0 Å². The standard InChI is InChI=1S/C17H32O3/c1-2-3-4-5-6-7-8-9-10-11-12-14-17(19)20-16-13-15-18/h5-6,18H,2-4,7-16H2,1H3/b6-5-. The molecule has 0 bridgehead atoms. The molecule has 1 N–H and O–H groups in total. The summed E-state index contributed by atoms with van der Waals surface area (Å²) >= 11 is 0. The lowest BCUT2D eigenvalue weighted by Gasteiger charge is -2.03. The van der Waals surface area contributed by atoms with Crippen LogP contribution in [0, 0.1) is 0 Å². The van der Waals surface area contributed by atoms with Crippen molar-refractivity contribution in [3.63, 3.8) is 0 Å². The van der Waals surface area contributed by atoms with E-state index in [1.807, 2.05) is 0 Å². The van der Waals surface area contributed by atoms with Gasteiger partial charge >= 0.3 is 5.97 Å². The number of hydrogen-bond donors (Lipinski definition) is 1. The molecule has 3 heteroatoms. The van der Waals surface area contributed by atoms with E-state index in [0.717, 1.165) is 12.8 Å². The van der Waals surface area contributed by atoms with Gasteiger partial charge in [0.1, 0.15) is 0 Å². The summed E-state index contributed by atoms with van der Waals surface area (Å²) in [5, 5.41) is 8.56. The van der Waals surface area contributed by atoms with Crippen LogP contribution < -0.4 is 0 Å². The van der Waals surface area contributed by atoms with Crippen molar-refractivity contribution < 1.29 is 14.6 Å². The third kappa shape index (κ3) is 15.2. The fourth-order valence-electron chi connectivity index (χ4n) is 1.94. The van der Waals surface area contributed by atoms with Crippen LogP contribution in [0.25, 0.3) is 0 Å².